The van der Waals surface area contributed by atoms with Crippen LogP contribution in [0.25, 0.3) is 0 Å². The summed E-state index contributed by atoms with van der Waals surface area (Å²) in [7, 11) is 0. The lowest BCUT2D eigenvalue weighted by Crippen LogP contribution is -2.20. The Labute approximate surface area is 159 Å². The quantitative estimate of drug-likeness (QED) is 0.591. The molecule has 1 unspecified atom stereocenters. The van der Waals surface area contributed by atoms with Crippen molar-refractivity contribution in [3.63, 3.8) is 0 Å². The second-order valence-electron chi connectivity index (χ2n) is 7.07. The van der Waals surface area contributed by atoms with Gasteiger partial charge < -0.3 is 0 Å². The lowest BCUT2D eigenvalue weighted by molar-refractivity contribution is -0.115. The zero-order chi connectivity index (χ0) is 18.5. The van der Waals surface area contributed by atoms with Crippen LogP contribution in [0, 0.1) is 11.8 Å². The Bertz CT molecular complexity index is 733. The largest absolute Gasteiger partial charge is 0.298 e. The molecular weight excluding hydrogens is 344 g/mol. The van der Waals surface area contributed by atoms with Crippen molar-refractivity contribution >= 4 is 34.1 Å². The van der Waals surface area contributed by atoms with E-state index in [-0.39, 0.29) is 11.6 Å². The lowest BCUT2D eigenvalue weighted by atomic mass is 9.99. The molecule has 1 aliphatic heterocycles. The Hall–Kier alpha value is -1.75. The van der Waals surface area contributed by atoms with Gasteiger partial charge in [0.1, 0.15) is 10.8 Å². The molecule has 0 saturated heterocycles. The molecule has 5 heteroatoms. The van der Waals surface area contributed by atoms with Gasteiger partial charge in [0.2, 0.25) is 0 Å². The number of hydrogen-bond acceptors (Lipinski definition) is 5. The SMILES string of the molecule is CCCC(=O)c1ccc(CC(=O)CSC2=NN=C(C3CC3)C2CC)cc1. The van der Waals surface area contributed by atoms with E-state index >= 15 is 0 Å². The summed E-state index contributed by atoms with van der Waals surface area (Å²) in [5.74, 6) is 1.73. The number of rotatable bonds is 9. The van der Waals surface area contributed by atoms with E-state index in [1.807, 2.05) is 31.2 Å². The molecule has 1 fully saturated rings. The summed E-state index contributed by atoms with van der Waals surface area (Å²) in [6, 6.07) is 7.44. The average molecular weight is 371 g/mol. The third kappa shape index (κ3) is 4.70. The van der Waals surface area contributed by atoms with Crippen molar-refractivity contribution in [3.8, 4) is 0 Å². The maximum atomic E-state index is 12.3. The topological polar surface area (TPSA) is 58.9 Å². The summed E-state index contributed by atoms with van der Waals surface area (Å²) in [6.45, 7) is 4.16. The maximum absolute atomic E-state index is 12.3. The molecule has 0 amide bonds. The van der Waals surface area contributed by atoms with E-state index in [1.165, 1.54) is 30.3 Å². The maximum Gasteiger partial charge on any atom is 0.162 e. The monoisotopic (exact) mass is 370 g/mol. The minimum Gasteiger partial charge on any atom is -0.298 e. The van der Waals surface area contributed by atoms with E-state index in [0.29, 0.717) is 30.4 Å². The first-order chi connectivity index (χ1) is 12.6. The van der Waals surface area contributed by atoms with E-state index in [2.05, 4.69) is 17.1 Å². The molecule has 0 spiro atoms. The summed E-state index contributed by atoms with van der Waals surface area (Å²) < 4.78 is 0. The number of benzene rings is 1. The summed E-state index contributed by atoms with van der Waals surface area (Å²) in [6.07, 6.45) is 5.29. The summed E-state index contributed by atoms with van der Waals surface area (Å²) >= 11 is 1.54. The van der Waals surface area contributed by atoms with E-state index in [9.17, 15) is 9.59 Å². The van der Waals surface area contributed by atoms with E-state index < -0.39 is 0 Å². The van der Waals surface area contributed by atoms with Gasteiger partial charge >= 0.3 is 0 Å². The normalized spacial score (nSPS) is 19.2. The second-order valence-corrected chi connectivity index (χ2v) is 8.07. The first kappa shape index (κ1) is 19.0. The minimum atomic E-state index is 0.164. The van der Waals surface area contributed by atoms with Crippen LogP contribution in [0.2, 0.25) is 0 Å². The van der Waals surface area contributed by atoms with Gasteiger partial charge in [-0.25, -0.2) is 0 Å². The Morgan fingerprint density at radius 3 is 2.46 bits per heavy atom. The number of Topliss-reactive ketones (excluding diaryl/α,β-unsaturated/α-hetero) is 2. The highest BCUT2D eigenvalue weighted by molar-refractivity contribution is 8.14. The fraction of sp³-hybridized carbons (Fsp3) is 0.524. The molecule has 1 aromatic rings. The predicted molar refractivity (Wildman–Crippen MR) is 108 cm³/mol. The van der Waals surface area contributed by atoms with Crippen LogP contribution in [0.15, 0.2) is 34.5 Å². The van der Waals surface area contributed by atoms with Gasteiger partial charge in [0.25, 0.3) is 0 Å². The van der Waals surface area contributed by atoms with Crippen LogP contribution in [0.5, 0.6) is 0 Å². The molecule has 0 bridgehead atoms. The molecule has 1 aliphatic carbocycles. The highest BCUT2D eigenvalue weighted by Gasteiger charge is 2.37. The summed E-state index contributed by atoms with van der Waals surface area (Å²) in [5.41, 5.74) is 2.92. The number of thioether (sulfide) groups is 1. The minimum absolute atomic E-state index is 0.164. The number of ketones is 2. The third-order valence-electron chi connectivity index (χ3n) is 4.86. The van der Waals surface area contributed by atoms with Crippen LogP contribution in [-0.2, 0) is 11.2 Å². The van der Waals surface area contributed by atoms with Crippen LogP contribution >= 0.6 is 11.8 Å². The highest BCUT2D eigenvalue weighted by atomic mass is 32.2. The van der Waals surface area contributed by atoms with Crippen LogP contribution in [0.1, 0.15) is 61.9 Å². The smallest absolute Gasteiger partial charge is 0.162 e. The van der Waals surface area contributed by atoms with Gasteiger partial charge in [-0.05, 0) is 37.2 Å². The molecule has 2 aliphatic rings. The van der Waals surface area contributed by atoms with Gasteiger partial charge in [-0.3, -0.25) is 9.59 Å². The molecule has 4 nitrogen and oxygen atoms in total. The zero-order valence-electron chi connectivity index (χ0n) is 15.5. The number of nitrogens with zero attached hydrogens (tertiary/aromatic N) is 2. The van der Waals surface area contributed by atoms with E-state index in [4.69, 9.17) is 0 Å². The van der Waals surface area contributed by atoms with Crippen LogP contribution in [0.4, 0.5) is 0 Å². The van der Waals surface area contributed by atoms with Crippen LogP contribution in [-0.4, -0.2) is 28.1 Å². The zero-order valence-corrected chi connectivity index (χ0v) is 16.3. The lowest BCUT2D eigenvalue weighted by Gasteiger charge is -2.12. The summed E-state index contributed by atoms with van der Waals surface area (Å²) in [4.78, 5) is 24.2. The van der Waals surface area contributed by atoms with Gasteiger partial charge in [0.05, 0.1) is 11.5 Å². The van der Waals surface area contributed by atoms with Gasteiger partial charge in [-0.2, -0.15) is 5.10 Å². The molecule has 1 aromatic carbocycles. The van der Waals surface area contributed by atoms with Gasteiger partial charge in [0, 0.05) is 24.3 Å². The Morgan fingerprint density at radius 2 is 1.85 bits per heavy atom. The first-order valence-corrected chi connectivity index (χ1v) is 10.5. The summed E-state index contributed by atoms with van der Waals surface area (Å²) in [5, 5.41) is 9.71. The Morgan fingerprint density at radius 1 is 1.12 bits per heavy atom. The third-order valence-corrected chi connectivity index (χ3v) is 5.99. The number of hydrogen-bond donors (Lipinski definition) is 0. The standard InChI is InChI=1S/C21H26N2O2S/c1-3-5-19(25)15-8-6-14(7-9-15)12-17(24)13-26-21-18(4-2)20(22-23-21)16-10-11-16/h6-9,16,18H,3-5,10-13H2,1-2H3. The van der Waals surface area contributed by atoms with Crippen molar-refractivity contribution in [1.29, 1.82) is 0 Å². The van der Waals surface area contributed by atoms with Crippen molar-refractivity contribution in [2.24, 2.45) is 22.0 Å². The second kappa shape index (κ2) is 8.76. The highest BCUT2D eigenvalue weighted by Crippen LogP contribution is 2.38. The van der Waals surface area contributed by atoms with Crippen molar-refractivity contribution in [2.45, 2.75) is 52.4 Å². The van der Waals surface area contributed by atoms with Crippen LogP contribution < -0.4 is 0 Å². The Kier molecular flexibility index (Phi) is 6.41. The molecule has 1 heterocycles. The van der Waals surface area contributed by atoms with Gasteiger partial charge in [0.15, 0.2) is 5.78 Å². The van der Waals surface area contributed by atoms with Crippen molar-refractivity contribution in [2.75, 3.05) is 5.75 Å². The molecule has 0 N–H and O–H groups in total. The molecule has 0 radical (unpaired) electrons. The predicted octanol–water partition coefficient (Wildman–Crippen LogP) is 4.72. The van der Waals surface area contributed by atoms with E-state index in [0.717, 1.165) is 29.0 Å². The fourth-order valence-corrected chi connectivity index (χ4v) is 4.24. The fourth-order valence-electron chi connectivity index (χ4n) is 3.24. The molecule has 0 aromatic heterocycles. The molecule has 1 saturated carbocycles. The van der Waals surface area contributed by atoms with Gasteiger partial charge in [-0.1, -0.05) is 38.1 Å². The van der Waals surface area contributed by atoms with Crippen LogP contribution in [0.3, 0.4) is 0 Å². The molecule has 26 heavy (non-hydrogen) atoms. The van der Waals surface area contributed by atoms with Crippen molar-refractivity contribution in [3.05, 3.63) is 35.4 Å². The van der Waals surface area contributed by atoms with E-state index in [1.54, 1.807) is 0 Å². The number of carbonyl (C=O) groups excluding carboxylic acids is 2. The first-order valence-electron chi connectivity index (χ1n) is 9.54. The molecule has 3 rings (SSSR count). The van der Waals surface area contributed by atoms with Gasteiger partial charge in [-0.15, -0.1) is 16.9 Å². The average Bonchev–Trinajstić information content (AvgIpc) is 3.40. The van der Waals surface area contributed by atoms with Crippen molar-refractivity contribution < 1.29 is 9.59 Å². The van der Waals surface area contributed by atoms with Crippen molar-refractivity contribution in [1.82, 2.24) is 0 Å². The molecule has 1 atom stereocenters. The molecule has 138 valence electrons. The number of carbonyl (C=O) groups is 2. The molecular formula is C21H26N2O2S. The Balaban J connectivity index is 1.48.